The summed E-state index contributed by atoms with van der Waals surface area (Å²) < 4.78 is 6.88. The molecule has 0 fully saturated rings. The zero-order chi connectivity index (χ0) is 12.4. The fraction of sp³-hybridized carbons (Fsp3) is 0.273. The summed E-state index contributed by atoms with van der Waals surface area (Å²) in [5.74, 6) is 1.46. The van der Waals surface area contributed by atoms with Gasteiger partial charge in [0.2, 0.25) is 5.28 Å². The Balaban J connectivity index is 2.62. The van der Waals surface area contributed by atoms with E-state index in [1.165, 1.54) is 0 Å². The Bertz CT molecular complexity index is 540. The normalized spacial score (nSPS) is 10.6. The third-order valence-corrected chi connectivity index (χ3v) is 2.97. The highest BCUT2D eigenvalue weighted by atomic mass is 35.5. The van der Waals surface area contributed by atoms with Crippen LogP contribution in [0.3, 0.4) is 0 Å². The third-order valence-electron chi connectivity index (χ3n) is 2.40. The molecule has 0 saturated carbocycles. The number of methoxy groups -OCH3 is 1. The number of aromatic nitrogens is 3. The monoisotopic (exact) mass is 271 g/mol. The van der Waals surface area contributed by atoms with Crippen LogP contribution in [0.4, 0.5) is 0 Å². The predicted molar refractivity (Wildman–Crippen MR) is 67.3 cm³/mol. The van der Waals surface area contributed by atoms with Gasteiger partial charge in [-0.05, 0) is 23.7 Å². The van der Waals surface area contributed by atoms with Gasteiger partial charge in [0, 0.05) is 12.5 Å². The van der Waals surface area contributed by atoms with E-state index in [-0.39, 0.29) is 5.28 Å². The molecule has 2 aromatic rings. The van der Waals surface area contributed by atoms with Crippen molar-refractivity contribution in [3.8, 4) is 11.4 Å². The summed E-state index contributed by atoms with van der Waals surface area (Å²) in [4.78, 5) is 0. The van der Waals surface area contributed by atoms with E-state index in [1.807, 2.05) is 6.92 Å². The van der Waals surface area contributed by atoms with Gasteiger partial charge in [-0.1, -0.05) is 18.5 Å². The Morgan fingerprint density at radius 2 is 2.06 bits per heavy atom. The van der Waals surface area contributed by atoms with E-state index in [4.69, 9.17) is 27.9 Å². The van der Waals surface area contributed by atoms with Crippen molar-refractivity contribution in [2.75, 3.05) is 7.11 Å². The lowest BCUT2D eigenvalue weighted by atomic mass is 10.3. The molecule has 0 spiro atoms. The Morgan fingerprint density at radius 1 is 1.29 bits per heavy atom. The van der Waals surface area contributed by atoms with Crippen LogP contribution in [0.2, 0.25) is 10.3 Å². The summed E-state index contributed by atoms with van der Waals surface area (Å²) in [6.45, 7) is 1.98. The quantitative estimate of drug-likeness (QED) is 0.861. The number of halogens is 2. The number of rotatable bonds is 3. The molecule has 0 N–H and O–H groups in total. The standard InChI is InChI=1S/C11H11Cl2N3O/c1-3-10-14-15-11(13)16(10)9-6-7(17-2)4-5-8(9)12/h4-6H,3H2,1-2H3. The molecule has 1 aromatic carbocycles. The molecule has 0 atom stereocenters. The average Bonchev–Trinajstić information content (AvgIpc) is 2.71. The second-order valence-electron chi connectivity index (χ2n) is 3.39. The zero-order valence-corrected chi connectivity index (χ0v) is 11.0. The van der Waals surface area contributed by atoms with E-state index >= 15 is 0 Å². The molecule has 0 aliphatic carbocycles. The SMILES string of the molecule is CCc1nnc(Cl)n1-c1cc(OC)ccc1Cl. The topological polar surface area (TPSA) is 39.9 Å². The first-order chi connectivity index (χ1) is 8.17. The van der Waals surface area contributed by atoms with E-state index in [9.17, 15) is 0 Å². The van der Waals surface area contributed by atoms with Gasteiger partial charge in [0.05, 0.1) is 17.8 Å². The van der Waals surface area contributed by atoms with Gasteiger partial charge < -0.3 is 4.74 Å². The van der Waals surface area contributed by atoms with Gasteiger partial charge in [-0.25, -0.2) is 0 Å². The minimum atomic E-state index is 0.289. The van der Waals surface area contributed by atoms with Gasteiger partial charge in [-0.2, -0.15) is 0 Å². The number of nitrogens with zero attached hydrogens (tertiary/aromatic N) is 3. The molecular formula is C11H11Cl2N3O. The first-order valence-corrected chi connectivity index (χ1v) is 5.86. The maximum atomic E-state index is 6.15. The number of hydrogen-bond acceptors (Lipinski definition) is 3. The summed E-state index contributed by atoms with van der Waals surface area (Å²) in [5.41, 5.74) is 0.720. The number of hydrogen-bond donors (Lipinski definition) is 0. The predicted octanol–water partition coefficient (Wildman–Crippen LogP) is 3.15. The highest BCUT2D eigenvalue weighted by molar-refractivity contribution is 6.33. The maximum absolute atomic E-state index is 6.15. The lowest BCUT2D eigenvalue weighted by Crippen LogP contribution is -2.01. The molecular weight excluding hydrogens is 261 g/mol. The number of aryl methyl sites for hydroxylation is 1. The number of benzene rings is 1. The van der Waals surface area contributed by atoms with E-state index in [0.717, 1.165) is 11.5 Å². The van der Waals surface area contributed by atoms with Crippen molar-refractivity contribution in [1.82, 2.24) is 14.8 Å². The van der Waals surface area contributed by atoms with E-state index in [0.29, 0.717) is 17.2 Å². The van der Waals surface area contributed by atoms with Crippen molar-refractivity contribution in [2.45, 2.75) is 13.3 Å². The molecule has 4 nitrogen and oxygen atoms in total. The molecule has 0 aliphatic heterocycles. The van der Waals surface area contributed by atoms with Crippen LogP contribution in [-0.4, -0.2) is 21.9 Å². The Labute approximate surface area is 109 Å². The highest BCUT2D eigenvalue weighted by Crippen LogP contribution is 2.28. The first-order valence-electron chi connectivity index (χ1n) is 5.11. The molecule has 0 aliphatic rings. The van der Waals surface area contributed by atoms with E-state index in [1.54, 1.807) is 29.9 Å². The van der Waals surface area contributed by atoms with Gasteiger partial charge in [-0.3, -0.25) is 4.57 Å². The molecule has 90 valence electrons. The Hall–Kier alpha value is -1.26. The summed E-state index contributed by atoms with van der Waals surface area (Å²) >= 11 is 12.2. The zero-order valence-electron chi connectivity index (χ0n) is 9.44. The summed E-state index contributed by atoms with van der Waals surface area (Å²) in [6, 6.07) is 5.35. The second-order valence-corrected chi connectivity index (χ2v) is 4.14. The molecule has 6 heteroatoms. The molecule has 1 aromatic heterocycles. The van der Waals surface area contributed by atoms with Gasteiger partial charge in [-0.15, -0.1) is 10.2 Å². The van der Waals surface area contributed by atoms with Crippen molar-refractivity contribution >= 4 is 23.2 Å². The van der Waals surface area contributed by atoms with Crippen LogP contribution in [0.5, 0.6) is 5.75 Å². The largest absolute Gasteiger partial charge is 0.497 e. The summed E-state index contributed by atoms with van der Waals surface area (Å²) in [7, 11) is 1.60. The molecule has 0 saturated heterocycles. The van der Waals surface area contributed by atoms with E-state index < -0.39 is 0 Å². The smallest absolute Gasteiger partial charge is 0.229 e. The fourth-order valence-electron chi connectivity index (χ4n) is 1.55. The van der Waals surface area contributed by atoms with Crippen LogP contribution in [0.1, 0.15) is 12.7 Å². The number of ether oxygens (including phenoxy) is 1. The lowest BCUT2D eigenvalue weighted by molar-refractivity contribution is 0.414. The lowest BCUT2D eigenvalue weighted by Gasteiger charge is -2.10. The van der Waals surface area contributed by atoms with Gasteiger partial charge in [0.1, 0.15) is 11.6 Å². The fourth-order valence-corrected chi connectivity index (χ4v) is 1.98. The molecule has 0 bridgehead atoms. The molecule has 0 amide bonds. The van der Waals surface area contributed by atoms with Gasteiger partial charge in [0.15, 0.2) is 0 Å². The minimum absolute atomic E-state index is 0.289. The highest BCUT2D eigenvalue weighted by Gasteiger charge is 2.14. The van der Waals surface area contributed by atoms with Crippen LogP contribution in [0, 0.1) is 0 Å². The molecule has 17 heavy (non-hydrogen) atoms. The van der Waals surface area contributed by atoms with Crippen molar-refractivity contribution in [2.24, 2.45) is 0 Å². The van der Waals surface area contributed by atoms with Crippen LogP contribution in [0.25, 0.3) is 5.69 Å². The Kier molecular flexibility index (Phi) is 3.54. The minimum Gasteiger partial charge on any atom is -0.497 e. The maximum Gasteiger partial charge on any atom is 0.229 e. The van der Waals surface area contributed by atoms with Crippen molar-refractivity contribution < 1.29 is 4.74 Å². The van der Waals surface area contributed by atoms with Crippen molar-refractivity contribution in [3.63, 3.8) is 0 Å². The second kappa shape index (κ2) is 4.94. The summed E-state index contributed by atoms with van der Waals surface area (Å²) in [5, 5.41) is 8.69. The van der Waals surface area contributed by atoms with Crippen LogP contribution < -0.4 is 4.74 Å². The van der Waals surface area contributed by atoms with Gasteiger partial charge >= 0.3 is 0 Å². The van der Waals surface area contributed by atoms with Crippen LogP contribution in [0.15, 0.2) is 18.2 Å². The van der Waals surface area contributed by atoms with Crippen molar-refractivity contribution in [3.05, 3.63) is 34.3 Å². The molecule has 2 rings (SSSR count). The molecule has 0 radical (unpaired) electrons. The van der Waals surface area contributed by atoms with Gasteiger partial charge in [0.25, 0.3) is 0 Å². The van der Waals surface area contributed by atoms with Crippen molar-refractivity contribution in [1.29, 1.82) is 0 Å². The molecule has 1 heterocycles. The van der Waals surface area contributed by atoms with E-state index in [2.05, 4.69) is 10.2 Å². The van der Waals surface area contributed by atoms with Crippen LogP contribution >= 0.6 is 23.2 Å². The summed E-state index contributed by atoms with van der Waals surface area (Å²) in [6.07, 6.45) is 0.716. The average molecular weight is 272 g/mol. The first kappa shape index (κ1) is 12.2. The van der Waals surface area contributed by atoms with Crippen LogP contribution in [-0.2, 0) is 6.42 Å². The molecule has 0 unspecified atom stereocenters. The Morgan fingerprint density at radius 3 is 2.71 bits per heavy atom. The third kappa shape index (κ3) is 2.23.